The zero-order chi connectivity index (χ0) is 20.5. The number of ether oxygens (including phenoxy) is 1. The second-order valence-corrected chi connectivity index (χ2v) is 8.73. The highest BCUT2D eigenvalue weighted by molar-refractivity contribution is 14.1. The summed E-state index contributed by atoms with van der Waals surface area (Å²) in [5.41, 5.74) is 7.59. The molecule has 0 spiro atoms. The van der Waals surface area contributed by atoms with E-state index in [1.807, 2.05) is 36.7 Å². The molecule has 1 aromatic heterocycles. The van der Waals surface area contributed by atoms with Crippen molar-refractivity contribution >= 4 is 61.7 Å². The Morgan fingerprint density at radius 1 is 1.39 bits per heavy atom. The molecule has 0 aliphatic heterocycles. The van der Waals surface area contributed by atoms with Gasteiger partial charge in [-0.25, -0.2) is 0 Å². The first kappa shape index (κ1) is 23.1. The molecule has 28 heavy (non-hydrogen) atoms. The van der Waals surface area contributed by atoms with Crippen molar-refractivity contribution in [2.45, 2.75) is 12.8 Å². The van der Waals surface area contributed by atoms with Gasteiger partial charge in [0.05, 0.1) is 23.8 Å². The zero-order valence-corrected chi connectivity index (χ0v) is 20.4. The first-order chi connectivity index (χ1) is 13.4. The van der Waals surface area contributed by atoms with Crippen LogP contribution in [0.4, 0.5) is 0 Å². The normalized spacial score (nSPS) is 11.7. The number of likely N-dealkylation sites (N-methyl/N-ethyl adjacent to an activating group) is 1. The second-order valence-electron chi connectivity index (χ2n) is 6.13. The summed E-state index contributed by atoms with van der Waals surface area (Å²) in [6.07, 6.45) is 1.51. The van der Waals surface area contributed by atoms with Crippen LogP contribution >= 0.6 is 49.9 Å². The molecule has 0 radical (unpaired) electrons. The summed E-state index contributed by atoms with van der Waals surface area (Å²) in [7, 11) is 3.67. The van der Waals surface area contributed by atoms with Gasteiger partial charge in [-0.1, -0.05) is 38.5 Å². The third-order valence-electron chi connectivity index (χ3n) is 4.06. The Hall–Kier alpha value is -1.17. The van der Waals surface area contributed by atoms with Crippen molar-refractivity contribution in [3.05, 3.63) is 50.1 Å². The average molecular weight is 579 g/mol. The van der Waals surface area contributed by atoms with E-state index in [-0.39, 0.29) is 11.9 Å². The quantitative estimate of drug-likeness (QED) is 0.156. The summed E-state index contributed by atoms with van der Waals surface area (Å²) in [5.74, 6) is 0.775. The van der Waals surface area contributed by atoms with Gasteiger partial charge in [0.25, 0.3) is 5.91 Å². The Morgan fingerprint density at radius 2 is 2.18 bits per heavy atom. The number of alkyl halides is 1. The van der Waals surface area contributed by atoms with E-state index in [0.29, 0.717) is 12.1 Å². The Kier molecular flexibility index (Phi) is 9.69. The number of carbonyl (C=O) groups is 1. The molecule has 0 saturated heterocycles. The maximum atomic E-state index is 12.6. The number of guanidine groups is 1. The lowest BCUT2D eigenvalue weighted by atomic mass is 10.1. The van der Waals surface area contributed by atoms with Crippen LogP contribution in [-0.4, -0.2) is 48.6 Å². The van der Waals surface area contributed by atoms with Crippen molar-refractivity contribution in [2.75, 3.05) is 31.8 Å². The Morgan fingerprint density at radius 3 is 2.89 bits per heavy atom. The molecule has 2 rings (SSSR count). The molecule has 0 fully saturated rings. The number of nitrogens with two attached hydrogens (primary N) is 1. The van der Waals surface area contributed by atoms with Gasteiger partial charge in [-0.05, 0) is 55.1 Å². The molecule has 1 heterocycles. The maximum Gasteiger partial charge on any atom is 0.259 e. The molecule has 0 bridgehead atoms. The van der Waals surface area contributed by atoms with E-state index >= 15 is 0 Å². The standard InChI is InChI=1S/C19H24BrIN4O2S/c1-25(12-21)9-8-23-19(22)24-18(26)15-7-10-28-17(15)6-3-13-11-14(20)4-5-16(13)27-2/h4-5,7,10-11H,3,6,8-9,12H2,1-2H3,(H3,22,23,24,26). The first-order valence-electron chi connectivity index (χ1n) is 8.69. The lowest BCUT2D eigenvalue weighted by molar-refractivity contribution is 0.0976. The highest BCUT2D eigenvalue weighted by Crippen LogP contribution is 2.26. The van der Waals surface area contributed by atoms with E-state index in [1.54, 1.807) is 18.4 Å². The number of aryl methyl sites for hydroxylation is 2. The van der Waals surface area contributed by atoms with Crippen molar-refractivity contribution in [2.24, 2.45) is 10.7 Å². The molecule has 0 aliphatic rings. The molecule has 152 valence electrons. The van der Waals surface area contributed by atoms with Crippen LogP contribution < -0.4 is 15.8 Å². The number of nitrogens with one attached hydrogen (secondary N) is 1. The Bertz CT molecular complexity index is 828. The predicted octanol–water partition coefficient (Wildman–Crippen LogP) is 3.67. The van der Waals surface area contributed by atoms with Crippen LogP contribution in [0.15, 0.2) is 39.1 Å². The van der Waals surface area contributed by atoms with E-state index in [4.69, 9.17) is 10.5 Å². The molecule has 9 heteroatoms. The molecule has 2 aromatic rings. The average Bonchev–Trinajstić information content (AvgIpc) is 3.15. The number of halogens is 2. The molecule has 1 aromatic carbocycles. The fourth-order valence-electron chi connectivity index (χ4n) is 2.55. The molecule has 1 amide bonds. The number of hydrogen-bond donors (Lipinski definition) is 2. The minimum absolute atomic E-state index is 0.151. The van der Waals surface area contributed by atoms with Gasteiger partial charge in [-0.15, -0.1) is 11.3 Å². The largest absolute Gasteiger partial charge is 0.496 e. The van der Waals surface area contributed by atoms with Gasteiger partial charge >= 0.3 is 0 Å². The lowest BCUT2D eigenvalue weighted by Crippen LogP contribution is -2.37. The maximum absolute atomic E-state index is 12.6. The summed E-state index contributed by atoms with van der Waals surface area (Å²) < 4.78 is 7.35. The number of nitrogens with zero attached hydrogens (tertiary/aromatic N) is 2. The zero-order valence-electron chi connectivity index (χ0n) is 15.9. The summed E-state index contributed by atoms with van der Waals surface area (Å²) in [6, 6.07) is 7.76. The van der Waals surface area contributed by atoms with E-state index in [0.717, 1.165) is 44.6 Å². The summed E-state index contributed by atoms with van der Waals surface area (Å²) in [4.78, 5) is 19.9. The van der Waals surface area contributed by atoms with Crippen LogP contribution in [0.1, 0.15) is 20.8 Å². The first-order valence-corrected chi connectivity index (χ1v) is 11.9. The fraction of sp³-hybridized carbons (Fsp3) is 0.368. The molecular formula is C19H24BrIN4O2S. The molecule has 0 saturated carbocycles. The minimum atomic E-state index is -0.221. The van der Waals surface area contributed by atoms with Gasteiger partial charge in [0, 0.05) is 15.9 Å². The molecule has 6 nitrogen and oxygen atoms in total. The SMILES string of the molecule is COc1ccc(Br)cc1CCc1sccc1C(=O)NC(N)=NCCN(C)CI. The van der Waals surface area contributed by atoms with Crippen molar-refractivity contribution in [3.8, 4) is 5.75 Å². The van der Waals surface area contributed by atoms with E-state index in [2.05, 4.69) is 53.7 Å². The number of benzene rings is 1. The van der Waals surface area contributed by atoms with Gasteiger partial charge in [0.2, 0.25) is 0 Å². The monoisotopic (exact) mass is 578 g/mol. The number of rotatable bonds is 9. The van der Waals surface area contributed by atoms with E-state index in [9.17, 15) is 4.79 Å². The van der Waals surface area contributed by atoms with E-state index in [1.165, 1.54) is 0 Å². The van der Waals surface area contributed by atoms with Gasteiger partial charge in [0.15, 0.2) is 5.96 Å². The lowest BCUT2D eigenvalue weighted by Gasteiger charge is -2.11. The minimum Gasteiger partial charge on any atom is -0.496 e. The van der Waals surface area contributed by atoms with Crippen molar-refractivity contribution < 1.29 is 9.53 Å². The molecule has 0 aliphatic carbocycles. The number of hydrogen-bond acceptors (Lipinski definition) is 5. The summed E-state index contributed by atoms with van der Waals surface area (Å²) in [6.45, 7) is 1.34. The molecule has 3 N–H and O–H groups in total. The Labute approximate surface area is 191 Å². The van der Waals surface area contributed by atoms with Crippen LogP contribution in [0.5, 0.6) is 5.75 Å². The topological polar surface area (TPSA) is 79.9 Å². The highest BCUT2D eigenvalue weighted by Gasteiger charge is 2.15. The number of methoxy groups -OCH3 is 1. The number of aliphatic imine (C=N–C) groups is 1. The van der Waals surface area contributed by atoms with Gasteiger partial charge in [0.1, 0.15) is 5.75 Å². The highest BCUT2D eigenvalue weighted by atomic mass is 127. The number of amides is 1. The summed E-state index contributed by atoms with van der Waals surface area (Å²) in [5, 5.41) is 4.61. The van der Waals surface area contributed by atoms with Gasteiger partial charge in [-0.2, -0.15) is 0 Å². The van der Waals surface area contributed by atoms with Crippen LogP contribution in [0.2, 0.25) is 0 Å². The predicted molar refractivity (Wildman–Crippen MR) is 128 cm³/mol. The van der Waals surface area contributed by atoms with Gasteiger partial charge < -0.3 is 10.5 Å². The number of thiophene rings is 1. The smallest absolute Gasteiger partial charge is 0.259 e. The Balaban J connectivity index is 1.98. The van der Waals surface area contributed by atoms with Crippen LogP contribution in [0, 0.1) is 0 Å². The fourth-order valence-corrected chi connectivity index (χ4v) is 4.18. The third kappa shape index (κ3) is 7.02. The van der Waals surface area contributed by atoms with Crippen LogP contribution in [0.3, 0.4) is 0 Å². The molecule has 0 atom stereocenters. The van der Waals surface area contributed by atoms with Crippen molar-refractivity contribution in [3.63, 3.8) is 0 Å². The number of carbonyl (C=O) groups excluding carboxylic acids is 1. The molecular weight excluding hydrogens is 555 g/mol. The van der Waals surface area contributed by atoms with Crippen LogP contribution in [0.25, 0.3) is 0 Å². The van der Waals surface area contributed by atoms with Gasteiger partial charge in [-0.3, -0.25) is 20.0 Å². The summed E-state index contributed by atoms with van der Waals surface area (Å²) >= 11 is 7.35. The van der Waals surface area contributed by atoms with Crippen LogP contribution in [-0.2, 0) is 12.8 Å². The molecule has 0 unspecified atom stereocenters. The third-order valence-corrected chi connectivity index (χ3v) is 6.70. The van der Waals surface area contributed by atoms with Crippen molar-refractivity contribution in [1.29, 1.82) is 0 Å². The van der Waals surface area contributed by atoms with Crippen molar-refractivity contribution in [1.82, 2.24) is 10.2 Å². The second kappa shape index (κ2) is 11.7. The van der Waals surface area contributed by atoms with E-state index < -0.39 is 0 Å².